The zero-order valence-corrected chi connectivity index (χ0v) is 23.3. The molecule has 7 nitrogen and oxygen atoms in total. The summed E-state index contributed by atoms with van der Waals surface area (Å²) in [5, 5.41) is 6.27. The highest BCUT2D eigenvalue weighted by molar-refractivity contribution is 6.30. The first kappa shape index (κ1) is 29.0. The number of furan rings is 1. The third-order valence-electron chi connectivity index (χ3n) is 6.00. The maximum Gasteiger partial charge on any atom is 0.287 e. The SMILES string of the molecule is CC(C)c1ccc(C(C(=O)NC(C)(C)C)N(CCc2ccc(Cl)cc2)C(=O)CNC(=O)c2ccco2)cc1. The number of hydrogen-bond donors (Lipinski definition) is 2. The van der Waals surface area contributed by atoms with Crippen molar-refractivity contribution in [2.45, 2.75) is 58.5 Å². The molecular weight excluding hydrogens is 502 g/mol. The molecule has 1 aromatic heterocycles. The summed E-state index contributed by atoms with van der Waals surface area (Å²) in [6, 6.07) is 17.4. The van der Waals surface area contributed by atoms with Gasteiger partial charge in [0.2, 0.25) is 11.8 Å². The first-order valence-corrected chi connectivity index (χ1v) is 13.1. The second-order valence-corrected chi connectivity index (χ2v) is 11.0. The van der Waals surface area contributed by atoms with E-state index in [-0.39, 0.29) is 30.7 Å². The molecular formula is C30H36ClN3O4. The molecule has 0 bridgehead atoms. The predicted octanol–water partition coefficient (Wildman–Crippen LogP) is 5.51. The highest BCUT2D eigenvalue weighted by Gasteiger charge is 2.33. The van der Waals surface area contributed by atoms with Crippen LogP contribution in [-0.4, -0.2) is 41.2 Å². The predicted molar refractivity (Wildman–Crippen MR) is 149 cm³/mol. The molecule has 1 atom stereocenters. The van der Waals surface area contributed by atoms with Gasteiger partial charge in [-0.1, -0.05) is 61.8 Å². The van der Waals surface area contributed by atoms with Gasteiger partial charge in [0.25, 0.3) is 5.91 Å². The normalized spacial score (nSPS) is 12.2. The van der Waals surface area contributed by atoms with Gasteiger partial charge >= 0.3 is 0 Å². The number of rotatable bonds is 10. The van der Waals surface area contributed by atoms with Crippen molar-refractivity contribution in [1.29, 1.82) is 0 Å². The quantitative estimate of drug-likeness (QED) is 0.356. The summed E-state index contributed by atoms with van der Waals surface area (Å²) in [4.78, 5) is 41.3. The van der Waals surface area contributed by atoms with Crippen molar-refractivity contribution in [2.75, 3.05) is 13.1 Å². The zero-order chi connectivity index (χ0) is 27.9. The average Bonchev–Trinajstić information content (AvgIpc) is 3.40. The van der Waals surface area contributed by atoms with Crippen LogP contribution in [0.1, 0.15) is 73.8 Å². The highest BCUT2D eigenvalue weighted by atomic mass is 35.5. The third-order valence-corrected chi connectivity index (χ3v) is 6.25. The van der Waals surface area contributed by atoms with Gasteiger partial charge in [0.1, 0.15) is 6.04 Å². The minimum atomic E-state index is -0.893. The van der Waals surface area contributed by atoms with Crippen molar-refractivity contribution in [3.05, 3.63) is 94.4 Å². The Bertz CT molecular complexity index is 1210. The van der Waals surface area contributed by atoms with Crippen LogP contribution in [0.2, 0.25) is 5.02 Å². The van der Waals surface area contributed by atoms with Gasteiger partial charge in [0.05, 0.1) is 12.8 Å². The fraction of sp³-hybridized carbons (Fsp3) is 0.367. The first-order valence-electron chi connectivity index (χ1n) is 12.7. The lowest BCUT2D eigenvalue weighted by atomic mass is 9.96. The summed E-state index contributed by atoms with van der Waals surface area (Å²) in [6.07, 6.45) is 1.89. The molecule has 0 saturated carbocycles. The minimum absolute atomic E-state index is 0.108. The van der Waals surface area contributed by atoms with E-state index in [0.29, 0.717) is 22.9 Å². The zero-order valence-electron chi connectivity index (χ0n) is 22.6. The molecule has 0 aliphatic heterocycles. The minimum Gasteiger partial charge on any atom is -0.459 e. The lowest BCUT2D eigenvalue weighted by molar-refractivity contribution is -0.140. The molecule has 202 valence electrons. The Morgan fingerprint density at radius 3 is 2.13 bits per heavy atom. The van der Waals surface area contributed by atoms with Crippen LogP contribution in [0.3, 0.4) is 0 Å². The summed E-state index contributed by atoms with van der Waals surface area (Å²) in [5.41, 5.74) is 2.29. The first-order chi connectivity index (χ1) is 17.9. The summed E-state index contributed by atoms with van der Waals surface area (Å²) in [7, 11) is 0. The number of amides is 3. The van der Waals surface area contributed by atoms with Crippen molar-refractivity contribution >= 4 is 29.3 Å². The van der Waals surface area contributed by atoms with Crippen LogP contribution in [-0.2, 0) is 16.0 Å². The van der Waals surface area contributed by atoms with Gasteiger partial charge in [0, 0.05) is 17.1 Å². The van der Waals surface area contributed by atoms with Crippen LogP contribution >= 0.6 is 11.6 Å². The van der Waals surface area contributed by atoms with Crippen LogP contribution in [0.5, 0.6) is 0 Å². The van der Waals surface area contributed by atoms with Crippen LogP contribution in [0, 0.1) is 0 Å². The summed E-state index contributed by atoms with van der Waals surface area (Å²) >= 11 is 6.04. The van der Waals surface area contributed by atoms with Gasteiger partial charge in [-0.05, 0) is 74.1 Å². The van der Waals surface area contributed by atoms with E-state index in [0.717, 1.165) is 11.1 Å². The maximum atomic E-state index is 13.7. The number of nitrogens with zero attached hydrogens (tertiary/aromatic N) is 1. The Hall–Kier alpha value is -3.58. The molecule has 1 unspecified atom stereocenters. The van der Waals surface area contributed by atoms with Crippen molar-refractivity contribution in [3.8, 4) is 0 Å². The van der Waals surface area contributed by atoms with E-state index in [1.165, 1.54) is 17.2 Å². The Labute approximate surface area is 229 Å². The van der Waals surface area contributed by atoms with E-state index in [9.17, 15) is 14.4 Å². The molecule has 3 amide bonds. The van der Waals surface area contributed by atoms with Gasteiger partial charge in [-0.25, -0.2) is 0 Å². The molecule has 2 aromatic carbocycles. The van der Waals surface area contributed by atoms with Gasteiger partial charge in [0.15, 0.2) is 5.76 Å². The highest BCUT2D eigenvalue weighted by Crippen LogP contribution is 2.26. The fourth-order valence-electron chi connectivity index (χ4n) is 4.02. The Morgan fingerprint density at radius 1 is 0.947 bits per heavy atom. The molecule has 0 aliphatic carbocycles. The van der Waals surface area contributed by atoms with E-state index in [4.69, 9.17) is 16.0 Å². The van der Waals surface area contributed by atoms with Gasteiger partial charge < -0.3 is 20.0 Å². The number of nitrogens with one attached hydrogen (secondary N) is 2. The van der Waals surface area contributed by atoms with Crippen molar-refractivity contribution in [1.82, 2.24) is 15.5 Å². The third kappa shape index (κ3) is 8.21. The smallest absolute Gasteiger partial charge is 0.287 e. The fourth-order valence-corrected chi connectivity index (χ4v) is 4.15. The second-order valence-electron chi connectivity index (χ2n) is 10.6. The maximum absolute atomic E-state index is 13.7. The molecule has 0 radical (unpaired) electrons. The van der Waals surface area contributed by atoms with Crippen LogP contribution in [0.25, 0.3) is 0 Å². The Balaban J connectivity index is 1.94. The number of halogens is 1. The summed E-state index contributed by atoms with van der Waals surface area (Å²) in [6.45, 7) is 9.85. The summed E-state index contributed by atoms with van der Waals surface area (Å²) in [5.74, 6) is -0.752. The molecule has 0 spiro atoms. The average molecular weight is 538 g/mol. The van der Waals surface area contributed by atoms with E-state index in [1.54, 1.807) is 18.2 Å². The molecule has 1 heterocycles. The largest absolute Gasteiger partial charge is 0.459 e. The number of carbonyl (C=O) groups is 3. The standard InChI is InChI=1S/C30H36ClN3O4/c1-20(2)22-10-12-23(13-11-22)27(29(37)33-30(3,4)5)34(17-16-21-8-14-24(31)15-9-21)26(35)19-32-28(36)25-7-6-18-38-25/h6-15,18,20,27H,16-17,19H2,1-5H3,(H,32,36)(H,33,37). The van der Waals surface area contributed by atoms with Crippen molar-refractivity contribution in [3.63, 3.8) is 0 Å². The topological polar surface area (TPSA) is 91.7 Å². The number of hydrogen-bond acceptors (Lipinski definition) is 4. The van der Waals surface area contributed by atoms with Crippen LogP contribution in [0.15, 0.2) is 71.3 Å². The lowest BCUT2D eigenvalue weighted by Gasteiger charge is -2.34. The number of benzene rings is 2. The van der Waals surface area contributed by atoms with E-state index < -0.39 is 17.5 Å². The van der Waals surface area contributed by atoms with Gasteiger partial charge in [-0.15, -0.1) is 0 Å². The van der Waals surface area contributed by atoms with Crippen molar-refractivity contribution in [2.24, 2.45) is 0 Å². The van der Waals surface area contributed by atoms with E-state index >= 15 is 0 Å². The molecule has 0 aliphatic rings. The monoisotopic (exact) mass is 537 g/mol. The van der Waals surface area contributed by atoms with Crippen LogP contribution in [0.4, 0.5) is 0 Å². The van der Waals surface area contributed by atoms with Gasteiger partial charge in [-0.3, -0.25) is 14.4 Å². The second kappa shape index (κ2) is 12.8. The van der Waals surface area contributed by atoms with E-state index in [2.05, 4.69) is 24.5 Å². The van der Waals surface area contributed by atoms with Crippen LogP contribution < -0.4 is 10.6 Å². The molecule has 0 fully saturated rings. The molecule has 8 heteroatoms. The molecule has 3 rings (SSSR count). The summed E-state index contributed by atoms with van der Waals surface area (Å²) < 4.78 is 5.13. The molecule has 2 N–H and O–H groups in total. The Kier molecular flexibility index (Phi) is 9.75. The lowest BCUT2D eigenvalue weighted by Crippen LogP contribution is -2.51. The van der Waals surface area contributed by atoms with E-state index in [1.807, 2.05) is 57.2 Å². The van der Waals surface area contributed by atoms with Gasteiger partial charge in [-0.2, -0.15) is 0 Å². The molecule has 0 saturated heterocycles. The molecule has 3 aromatic rings. The number of carbonyl (C=O) groups excluding carboxylic acids is 3. The van der Waals surface area contributed by atoms with Crippen molar-refractivity contribution < 1.29 is 18.8 Å². The molecule has 38 heavy (non-hydrogen) atoms. The Morgan fingerprint density at radius 2 is 1.58 bits per heavy atom.